The third kappa shape index (κ3) is 2.99. The number of nitrogens with zero attached hydrogens (tertiary/aromatic N) is 3. The third-order valence-corrected chi connectivity index (χ3v) is 3.64. The summed E-state index contributed by atoms with van der Waals surface area (Å²) >= 11 is 0. The van der Waals surface area contributed by atoms with Crippen molar-refractivity contribution < 1.29 is 9.90 Å². The fourth-order valence-corrected chi connectivity index (χ4v) is 2.43. The normalized spacial score (nSPS) is 17.4. The first-order valence-electron chi connectivity index (χ1n) is 6.36. The van der Waals surface area contributed by atoms with E-state index in [1.165, 1.54) is 12.4 Å². The van der Waals surface area contributed by atoms with E-state index in [1.54, 1.807) is 0 Å². The zero-order valence-electron chi connectivity index (χ0n) is 10.6. The predicted molar refractivity (Wildman–Crippen MR) is 68.4 cm³/mol. The Kier molecular flexibility index (Phi) is 3.95. The summed E-state index contributed by atoms with van der Waals surface area (Å²) in [6.07, 6.45) is 7.22. The lowest BCUT2D eigenvalue weighted by Crippen LogP contribution is -2.39. The Morgan fingerprint density at radius 2 is 2.11 bits per heavy atom. The zero-order chi connectivity index (χ0) is 13.7. The third-order valence-electron chi connectivity index (χ3n) is 3.64. The molecule has 0 unspecified atom stereocenters. The topological polar surface area (TPSA) is 98.9 Å². The van der Waals surface area contributed by atoms with Crippen molar-refractivity contribution in [3.8, 4) is 6.07 Å². The second kappa shape index (κ2) is 5.65. The molecule has 1 aliphatic rings. The molecular weight excluding hydrogens is 244 g/mol. The van der Waals surface area contributed by atoms with Gasteiger partial charge in [0.2, 0.25) is 0 Å². The molecule has 0 spiro atoms. The summed E-state index contributed by atoms with van der Waals surface area (Å²) in [5.41, 5.74) is -0.454. The number of nitrogens with one attached hydrogen (secondary N) is 1. The molecule has 0 aliphatic heterocycles. The first kappa shape index (κ1) is 13.3. The van der Waals surface area contributed by atoms with Gasteiger partial charge in [-0.2, -0.15) is 5.26 Å². The van der Waals surface area contributed by atoms with Crippen LogP contribution in [-0.2, 0) is 4.79 Å². The van der Waals surface area contributed by atoms with Crippen LogP contribution in [0.25, 0.3) is 0 Å². The van der Waals surface area contributed by atoms with Crippen LogP contribution < -0.4 is 5.32 Å². The van der Waals surface area contributed by atoms with Gasteiger partial charge in [-0.05, 0) is 12.8 Å². The van der Waals surface area contributed by atoms with E-state index in [4.69, 9.17) is 5.26 Å². The van der Waals surface area contributed by atoms with Crippen molar-refractivity contribution in [1.29, 1.82) is 5.26 Å². The largest absolute Gasteiger partial charge is 0.481 e. The molecule has 1 aromatic heterocycles. The van der Waals surface area contributed by atoms with E-state index >= 15 is 0 Å². The van der Waals surface area contributed by atoms with Crippen molar-refractivity contribution in [2.24, 2.45) is 5.41 Å². The molecule has 0 saturated heterocycles. The van der Waals surface area contributed by atoms with Crippen LogP contribution in [0, 0.1) is 16.7 Å². The van der Waals surface area contributed by atoms with Crippen LogP contribution in [0.1, 0.15) is 37.8 Å². The smallest absolute Gasteiger partial charge is 0.311 e. The Labute approximate surface area is 111 Å². The maximum atomic E-state index is 11.5. The van der Waals surface area contributed by atoms with Crippen LogP contribution in [0.3, 0.4) is 0 Å². The molecular formula is C13H16N4O2. The highest BCUT2D eigenvalue weighted by Gasteiger charge is 2.39. The van der Waals surface area contributed by atoms with Gasteiger partial charge < -0.3 is 10.4 Å². The zero-order valence-corrected chi connectivity index (χ0v) is 10.6. The Hall–Kier alpha value is -2.16. The van der Waals surface area contributed by atoms with Crippen LogP contribution in [0.2, 0.25) is 0 Å². The molecule has 1 aromatic rings. The van der Waals surface area contributed by atoms with Gasteiger partial charge in [0, 0.05) is 6.54 Å². The standard InChI is InChI=1S/C13H16N4O2/c14-6-10-7-16-11(8-15-10)17-9-13(12(18)19)4-2-1-3-5-13/h7-8H,1-5,9H2,(H,16,17)(H,18,19). The van der Waals surface area contributed by atoms with Crippen LogP contribution in [0.4, 0.5) is 5.82 Å². The highest BCUT2D eigenvalue weighted by Crippen LogP contribution is 2.36. The molecule has 1 heterocycles. The molecule has 2 N–H and O–H groups in total. The molecule has 1 aliphatic carbocycles. The van der Waals surface area contributed by atoms with Crippen molar-refractivity contribution in [2.45, 2.75) is 32.1 Å². The molecule has 6 nitrogen and oxygen atoms in total. The van der Waals surface area contributed by atoms with Gasteiger partial charge in [0.1, 0.15) is 11.9 Å². The summed E-state index contributed by atoms with van der Waals surface area (Å²) in [7, 11) is 0. The predicted octanol–water partition coefficient (Wildman–Crippen LogP) is 1.80. The summed E-state index contributed by atoms with van der Waals surface area (Å²) in [4.78, 5) is 19.4. The van der Waals surface area contributed by atoms with Crippen LogP contribution in [0.15, 0.2) is 12.4 Å². The molecule has 19 heavy (non-hydrogen) atoms. The van der Waals surface area contributed by atoms with Crippen molar-refractivity contribution in [3.63, 3.8) is 0 Å². The molecule has 100 valence electrons. The van der Waals surface area contributed by atoms with Gasteiger partial charge in [-0.25, -0.2) is 9.97 Å². The van der Waals surface area contributed by atoms with E-state index in [-0.39, 0.29) is 5.69 Å². The monoisotopic (exact) mass is 260 g/mol. The summed E-state index contributed by atoms with van der Waals surface area (Å²) in [6, 6.07) is 1.89. The van der Waals surface area contributed by atoms with Gasteiger partial charge >= 0.3 is 5.97 Å². The lowest BCUT2D eigenvalue weighted by molar-refractivity contribution is -0.150. The van der Waals surface area contributed by atoms with Gasteiger partial charge in [0.25, 0.3) is 0 Å². The fraction of sp³-hybridized carbons (Fsp3) is 0.538. The molecule has 0 aromatic carbocycles. The molecule has 1 fully saturated rings. The molecule has 0 bridgehead atoms. The van der Waals surface area contributed by atoms with Gasteiger partial charge in [0.15, 0.2) is 5.69 Å². The molecule has 0 amide bonds. The Bertz CT molecular complexity index is 486. The van der Waals surface area contributed by atoms with Crippen LogP contribution >= 0.6 is 0 Å². The summed E-state index contributed by atoms with van der Waals surface area (Å²) in [6.45, 7) is 0.350. The second-order valence-corrected chi connectivity index (χ2v) is 4.90. The summed E-state index contributed by atoms with van der Waals surface area (Å²) < 4.78 is 0. The average Bonchev–Trinajstić information content (AvgIpc) is 2.46. The number of aromatic nitrogens is 2. The minimum Gasteiger partial charge on any atom is -0.481 e. The maximum absolute atomic E-state index is 11.5. The fourth-order valence-electron chi connectivity index (χ4n) is 2.43. The minimum absolute atomic E-state index is 0.246. The average molecular weight is 260 g/mol. The SMILES string of the molecule is N#Cc1cnc(NCC2(C(=O)O)CCCCC2)cn1. The highest BCUT2D eigenvalue weighted by molar-refractivity contribution is 5.75. The van der Waals surface area contributed by atoms with Crippen LogP contribution in [-0.4, -0.2) is 27.6 Å². The number of nitriles is 1. The van der Waals surface area contributed by atoms with Crippen molar-refractivity contribution in [1.82, 2.24) is 9.97 Å². The van der Waals surface area contributed by atoms with E-state index in [0.29, 0.717) is 25.2 Å². The lowest BCUT2D eigenvalue weighted by atomic mass is 9.74. The van der Waals surface area contributed by atoms with Gasteiger partial charge in [0.05, 0.1) is 17.8 Å². The number of anilines is 1. The second-order valence-electron chi connectivity index (χ2n) is 4.90. The first-order valence-corrected chi connectivity index (χ1v) is 6.36. The summed E-state index contributed by atoms with van der Waals surface area (Å²) in [5.74, 6) is -0.244. The van der Waals surface area contributed by atoms with Gasteiger partial charge in [-0.3, -0.25) is 4.79 Å². The van der Waals surface area contributed by atoms with E-state index in [1.807, 2.05) is 6.07 Å². The summed E-state index contributed by atoms with van der Waals surface area (Å²) in [5, 5.41) is 21.1. The highest BCUT2D eigenvalue weighted by atomic mass is 16.4. The van der Waals surface area contributed by atoms with Crippen molar-refractivity contribution in [2.75, 3.05) is 11.9 Å². The number of hydrogen-bond donors (Lipinski definition) is 2. The number of rotatable bonds is 4. The van der Waals surface area contributed by atoms with Crippen LogP contribution in [0.5, 0.6) is 0 Å². The van der Waals surface area contributed by atoms with Gasteiger partial charge in [-0.15, -0.1) is 0 Å². The Morgan fingerprint density at radius 3 is 2.63 bits per heavy atom. The lowest BCUT2D eigenvalue weighted by Gasteiger charge is -2.33. The van der Waals surface area contributed by atoms with E-state index in [0.717, 1.165) is 19.3 Å². The molecule has 6 heteroatoms. The van der Waals surface area contributed by atoms with Crippen molar-refractivity contribution in [3.05, 3.63) is 18.1 Å². The first-order chi connectivity index (χ1) is 9.16. The number of hydrogen-bond acceptors (Lipinski definition) is 5. The number of carboxylic acid groups (broad SMARTS) is 1. The number of carboxylic acids is 1. The van der Waals surface area contributed by atoms with E-state index in [2.05, 4.69) is 15.3 Å². The minimum atomic E-state index is -0.749. The maximum Gasteiger partial charge on any atom is 0.311 e. The molecule has 0 radical (unpaired) electrons. The van der Waals surface area contributed by atoms with E-state index in [9.17, 15) is 9.90 Å². The van der Waals surface area contributed by atoms with Crippen molar-refractivity contribution >= 4 is 11.8 Å². The Balaban J connectivity index is 2.02. The quantitative estimate of drug-likeness (QED) is 0.856. The van der Waals surface area contributed by atoms with Gasteiger partial charge in [-0.1, -0.05) is 19.3 Å². The van der Waals surface area contributed by atoms with E-state index < -0.39 is 11.4 Å². The molecule has 1 saturated carbocycles. The molecule has 2 rings (SSSR count). The number of aliphatic carboxylic acids is 1. The molecule has 0 atom stereocenters. The number of carbonyl (C=O) groups is 1. The Morgan fingerprint density at radius 1 is 1.37 bits per heavy atom.